The maximum atomic E-state index is 12.8. The summed E-state index contributed by atoms with van der Waals surface area (Å²) in [5.74, 6) is -0.140. The number of aromatic amines is 1. The number of urea groups is 1. The number of amides is 2. The molecule has 0 unspecified atom stereocenters. The van der Waals surface area contributed by atoms with E-state index in [4.69, 9.17) is 23.2 Å². The zero-order valence-electron chi connectivity index (χ0n) is 17.5. The molecule has 3 aromatic carbocycles. The monoisotopic (exact) mass is 502 g/mol. The summed E-state index contributed by atoms with van der Waals surface area (Å²) in [7, 11) is -3.56. The largest absolute Gasteiger partial charge is 0.331 e. The summed E-state index contributed by atoms with van der Waals surface area (Å²) in [5.41, 5.74) is 2.65. The topological polar surface area (TPSA) is 104 Å². The average Bonchev–Trinajstić information content (AvgIpc) is 3.23. The van der Waals surface area contributed by atoms with Crippen LogP contribution >= 0.6 is 23.2 Å². The standard InChI is InChI=1S/C23H20Cl2N4O3S/c1-14(19-3-2-4-20(24)22(19)25)27-23(30)28-17-6-8-18(9-7-17)33(31,32)13-15-5-10-21-16(11-15)12-26-29-21/h2-12,14H,13H2,1H3,(H,26,29)(H2,27,28,30)/t14-/m0/s1. The molecule has 0 aliphatic heterocycles. The summed E-state index contributed by atoms with van der Waals surface area (Å²) < 4.78 is 25.6. The van der Waals surface area contributed by atoms with Gasteiger partial charge in [-0.25, -0.2) is 13.2 Å². The van der Waals surface area contributed by atoms with E-state index in [1.54, 1.807) is 61.7 Å². The van der Waals surface area contributed by atoms with Gasteiger partial charge in [-0.15, -0.1) is 0 Å². The molecule has 0 saturated carbocycles. The lowest BCUT2D eigenvalue weighted by Crippen LogP contribution is -2.31. The molecule has 0 fully saturated rings. The van der Waals surface area contributed by atoms with Crippen LogP contribution in [0.1, 0.15) is 24.1 Å². The van der Waals surface area contributed by atoms with Crippen molar-refractivity contribution in [2.45, 2.75) is 23.6 Å². The van der Waals surface area contributed by atoms with Gasteiger partial charge < -0.3 is 10.6 Å². The lowest BCUT2D eigenvalue weighted by molar-refractivity contribution is 0.249. The molecule has 7 nitrogen and oxygen atoms in total. The van der Waals surface area contributed by atoms with Crippen LogP contribution in [0.15, 0.2) is 71.8 Å². The summed E-state index contributed by atoms with van der Waals surface area (Å²) in [6, 6.07) is 15.8. The van der Waals surface area contributed by atoms with E-state index in [0.717, 1.165) is 10.9 Å². The Balaban J connectivity index is 1.40. The van der Waals surface area contributed by atoms with E-state index in [1.807, 2.05) is 0 Å². The summed E-state index contributed by atoms with van der Waals surface area (Å²) in [6.07, 6.45) is 1.65. The Bertz CT molecular complexity index is 1420. The Hall–Kier alpha value is -3.07. The molecule has 3 N–H and O–H groups in total. The second kappa shape index (κ2) is 9.43. The van der Waals surface area contributed by atoms with E-state index in [-0.39, 0.29) is 16.7 Å². The van der Waals surface area contributed by atoms with Gasteiger partial charge in [-0.1, -0.05) is 41.4 Å². The third-order valence-corrected chi connectivity index (χ3v) is 7.67. The number of fused-ring (bicyclic) bond motifs is 1. The normalized spacial score (nSPS) is 12.5. The van der Waals surface area contributed by atoms with Crippen LogP contribution in [0.25, 0.3) is 10.9 Å². The zero-order valence-corrected chi connectivity index (χ0v) is 19.8. The quantitative estimate of drug-likeness (QED) is 0.313. The molecule has 4 rings (SSSR count). The predicted octanol–water partition coefficient (Wildman–Crippen LogP) is 5.73. The predicted molar refractivity (Wildman–Crippen MR) is 130 cm³/mol. The van der Waals surface area contributed by atoms with Gasteiger partial charge in [0.25, 0.3) is 0 Å². The number of H-pyrrole nitrogens is 1. The molecular formula is C23H20Cl2N4O3S. The van der Waals surface area contributed by atoms with Gasteiger partial charge in [-0.05, 0) is 60.5 Å². The lowest BCUT2D eigenvalue weighted by atomic mass is 10.1. The van der Waals surface area contributed by atoms with Crippen LogP contribution < -0.4 is 10.6 Å². The van der Waals surface area contributed by atoms with Crippen molar-refractivity contribution in [1.29, 1.82) is 0 Å². The smallest absolute Gasteiger partial charge is 0.319 e. The maximum absolute atomic E-state index is 12.8. The minimum Gasteiger partial charge on any atom is -0.331 e. The van der Waals surface area contributed by atoms with Crippen LogP contribution in [0.5, 0.6) is 0 Å². The van der Waals surface area contributed by atoms with Gasteiger partial charge in [0, 0.05) is 11.1 Å². The van der Waals surface area contributed by atoms with E-state index < -0.39 is 15.9 Å². The molecule has 1 atom stereocenters. The van der Waals surface area contributed by atoms with E-state index in [1.165, 1.54) is 12.1 Å². The number of benzene rings is 3. The van der Waals surface area contributed by atoms with E-state index >= 15 is 0 Å². The Labute approximate surface area is 201 Å². The van der Waals surface area contributed by atoms with Crippen LogP contribution in [0.3, 0.4) is 0 Å². The van der Waals surface area contributed by atoms with Gasteiger partial charge in [-0.2, -0.15) is 5.10 Å². The number of sulfone groups is 1. The third-order valence-electron chi connectivity index (χ3n) is 5.13. The molecular weight excluding hydrogens is 483 g/mol. The number of anilines is 1. The van der Waals surface area contributed by atoms with Gasteiger partial charge in [0.1, 0.15) is 0 Å². The second-order valence-corrected chi connectivity index (χ2v) is 10.3. The number of carbonyl (C=O) groups excluding carboxylic acids is 1. The van der Waals surface area contributed by atoms with Gasteiger partial charge in [-0.3, -0.25) is 5.10 Å². The highest BCUT2D eigenvalue weighted by atomic mass is 35.5. The molecule has 0 aliphatic rings. The summed E-state index contributed by atoms with van der Waals surface area (Å²) in [4.78, 5) is 12.5. The van der Waals surface area contributed by atoms with Crippen LogP contribution in [0.2, 0.25) is 10.0 Å². The van der Waals surface area contributed by atoms with Gasteiger partial charge >= 0.3 is 6.03 Å². The highest BCUT2D eigenvalue weighted by molar-refractivity contribution is 7.90. The first-order valence-electron chi connectivity index (χ1n) is 9.99. The molecule has 0 aliphatic carbocycles. The first kappa shape index (κ1) is 23.1. The first-order valence-corrected chi connectivity index (χ1v) is 12.4. The molecule has 0 saturated heterocycles. The number of hydrogen-bond donors (Lipinski definition) is 3. The van der Waals surface area contributed by atoms with Crippen molar-refractivity contribution in [3.8, 4) is 0 Å². The lowest BCUT2D eigenvalue weighted by Gasteiger charge is -2.17. The SMILES string of the molecule is C[C@H](NC(=O)Nc1ccc(S(=O)(=O)Cc2ccc3[nH]ncc3c2)cc1)c1cccc(Cl)c1Cl. The molecule has 1 heterocycles. The second-order valence-electron chi connectivity index (χ2n) is 7.54. The Morgan fingerprint density at radius 1 is 1.09 bits per heavy atom. The molecule has 1 aromatic heterocycles. The molecule has 10 heteroatoms. The fraction of sp³-hybridized carbons (Fsp3) is 0.130. The van der Waals surface area contributed by atoms with Crippen molar-refractivity contribution in [3.63, 3.8) is 0 Å². The van der Waals surface area contributed by atoms with Crippen molar-refractivity contribution < 1.29 is 13.2 Å². The number of rotatable bonds is 6. The molecule has 4 aromatic rings. The van der Waals surface area contributed by atoms with E-state index in [2.05, 4.69) is 20.8 Å². The van der Waals surface area contributed by atoms with Crippen LogP contribution in [-0.4, -0.2) is 24.6 Å². The first-order chi connectivity index (χ1) is 15.7. The zero-order chi connectivity index (χ0) is 23.6. The number of aromatic nitrogens is 2. The summed E-state index contributed by atoms with van der Waals surface area (Å²) >= 11 is 12.2. The number of hydrogen-bond acceptors (Lipinski definition) is 4. The number of nitrogens with one attached hydrogen (secondary N) is 3. The van der Waals surface area contributed by atoms with Crippen molar-refractivity contribution in [1.82, 2.24) is 15.5 Å². The van der Waals surface area contributed by atoms with E-state index in [0.29, 0.717) is 26.9 Å². The van der Waals surface area contributed by atoms with Crippen molar-refractivity contribution in [2.75, 3.05) is 5.32 Å². The van der Waals surface area contributed by atoms with Gasteiger partial charge in [0.2, 0.25) is 0 Å². The molecule has 0 radical (unpaired) electrons. The van der Waals surface area contributed by atoms with Gasteiger partial charge in [0.15, 0.2) is 9.84 Å². The van der Waals surface area contributed by atoms with Crippen LogP contribution in [0, 0.1) is 0 Å². The number of carbonyl (C=O) groups is 1. The molecule has 170 valence electrons. The van der Waals surface area contributed by atoms with Gasteiger partial charge in [0.05, 0.1) is 38.4 Å². The maximum Gasteiger partial charge on any atom is 0.319 e. The highest BCUT2D eigenvalue weighted by Crippen LogP contribution is 2.29. The molecule has 0 bridgehead atoms. The molecule has 0 spiro atoms. The van der Waals surface area contributed by atoms with Crippen molar-refractivity contribution in [2.24, 2.45) is 0 Å². The summed E-state index contributed by atoms with van der Waals surface area (Å²) in [6.45, 7) is 1.79. The van der Waals surface area contributed by atoms with Crippen molar-refractivity contribution in [3.05, 3.63) is 88.0 Å². The highest BCUT2D eigenvalue weighted by Gasteiger charge is 2.17. The minimum absolute atomic E-state index is 0.140. The Kier molecular flexibility index (Phi) is 6.60. The fourth-order valence-electron chi connectivity index (χ4n) is 3.43. The minimum atomic E-state index is -3.56. The molecule has 33 heavy (non-hydrogen) atoms. The average molecular weight is 503 g/mol. The van der Waals surface area contributed by atoms with E-state index in [9.17, 15) is 13.2 Å². The fourth-order valence-corrected chi connectivity index (χ4v) is 5.23. The van der Waals surface area contributed by atoms with Crippen molar-refractivity contribution >= 4 is 55.7 Å². The Morgan fingerprint density at radius 2 is 1.85 bits per heavy atom. The van der Waals surface area contributed by atoms with Crippen LogP contribution in [-0.2, 0) is 15.6 Å². The number of halogens is 2. The Morgan fingerprint density at radius 3 is 2.61 bits per heavy atom. The number of nitrogens with zero attached hydrogens (tertiary/aromatic N) is 1. The third kappa shape index (κ3) is 5.30. The van der Waals surface area contributed by atoms with Crippen LogP contribution in [0.4, 0.5) is 10.5 Å². The molecule has 2 amide bonds. The summed E-state index contributed by atoms with van der Waals surface area (Å²) in [5, 5.41) is 13.9.